The number of aryl methyl sites for hydroxylation is 2. The molecular formula is C15H22N2OS. The third kappa shape index (κ3) is 3.51. The lowest BCUT2D eigenvalue weighted by molar-refractivity contribution is -0.122. The topological polar surface area (TPSA) is 69.1 Å². The van der Waals surface area contributed by atoms with Crippen LogP contribution in [0.15, 0.2) is 18.2 Å². The first kappa shape index (κ1) is 14.4. The molecule has 4 N–H and O–H groups in total. The molecule has 4 heteroatoms. The summed E-state index contributed by atoms with van der Waals surface area (Å²) in [6.45, 7) is 4.24. The second kappa shape index (κ2) is 5.55. The van der Waals surface area contributed by atoms with E-state index in [0.717, 1.165) is 12.2 Å². The van der Waals surface area contributed by atoms with E-state index in [1.54, 1.807) is 0 Å². The summed E-state index contributed by atoms with van der Waals surface area (Å²) in [7, 11) is 0. The highest BCUT2D eigenvalue weighted by Crippen LogP contribution is 2.36. The van der Waals surface area contributed by atoms with Gasteiger partial charge in [-0.3, -0.25) is 4.79 Å². The first-order valence-electron chi connectivity index (χ1n) is 6.67. The predicted molar refractivity (Wildman–Crippen MR) is 81.0 cm³/mol. The number of carbonyl (C=O) groups excluding carboxylic acids is 1. The fourth-order valence-electron chi connectivity index (χ4n) is 2.76. The van der Waals surface area contributed by atoms with Crippen molar-refractivity contribution in [3.8, 4) is 0 Å². The van der Waals surface area contributed by atoms with E-state index in [0.29, 0.717) is 18.1 Å². The standard InChI is InChI=1S/C15H22N2OS/c1-10-5-11(2)7-12(6-10)9-19-13-3-4-15(17,8-13)14(16)18/h5-7,13H,3-4,8-9,17H2,1-2H3,(H2,16,18). The Balaban J connectivity index is 1.92. The monoisotopic (exact) mass is 278 g/mol. The van der Waals surface area contributed by atoms with Crippen LogP contribution in [0.2, 0.25) is 0 Å². The Morgan fingerprint density at radius 1 is 1.37 bits per heavy atom. The van der Waals surface area contributed by atoms with Crippen LogP contribution in [0, 0.1) is 13.8 Å². The largest absolute Gasteiger partial charge is 0.368 e. The van der Waals surface area contributed by atoms with Gasteiger partial charge in [0.2, 0.25) is 5.91 Å². The van der Waals surface area contributed by atoms with Crippen molar-refractivity contribution in [2.24, 2.45) is 11.5 Å². The molecule has 2 rings (SSSR count). The molecule has 2 atom stereocenters. The van der Waals surface area contributed by atoms with E-state index in [4.69, 9.17) is 11.5 Å². The van der Waals surface area contributed by atoms with Crippen molar-refractivity contribution < 1.29 is 4.79 Å². The van der Waals surface area contributed by atoms with Crippen molar-refractivity contribution in [2.75, 3.05) is 0 Å². The van der Waals surface area contributed by atoms with Gasteiger partial charge in [0.15, 0.2) is 0 Å². The normalized spacial score (nSPS) is 26.6. The fraction of sp³-hybridized carbons (Fsp3) is 0.533. The molecule has 104 valence electrons. The number of nitrogens with two attached hydrogens (primary N) is 2. The molecule has 1 fully saturated rings. The number of thioether (sulfide) groups is 1. The van der Waals surface area contributed by atoms with E-state index in [1.165, 1.54) is 16.7 Å². The Kier molecular flexibility index (Phi) is 4.21. The van der Waals surface area contributed by atoms with Gasteiger partial charge in [-0.1, -0.05) is 29.3 Å². The van der Waals surface area contributed by atoms with Crippen LogP contribution >= 0.6 is 11.8 Å². The molecule has 19 heavy (non-hydrogen) atoms. The van der Waals surface area contributed by atoms with E-state index in [-0.39, 0.29) is 5.91 Å². The van der Waals surface area contributed by atoms with E-state index < -0.39 is 5.54 Å². The van der Waals surface area contributed by atoms with E-state index >= 15 is 0 Å². The molecule has 1 aliphatic carbocycles. The van der Waals surface area contributed by atoms with Gasteiger partial charge < -0.3 is 11.5 Å². The van der Waals surface area contributed by atoms with Gasteiger partial charge in [-0.05, 0) is 38.7 Å². The minimum Gasteiger partial charge on any atom is -0.368 e. The van der Waals surface area contributed by atoms with Gasteiger partial charge >= 0.3 is 0 Å². The van der Waals surface area contributed by atoms with Gasteiger partial charge in [-0.15, -0.1) is 0 Å². The molecule has 0 saturated heterocycles. The maximum absolute atomic E-state index is 11.3. The van der Waals surface area contributed by atoms with Crippen molar-refractivity contribution in [1.29, 1.82) is 0 Å². The zero-order chi connectivity index (χ0) is 14.0. The SMILES string of the molecule is Cc1cc(C)cc(CSC2CCC(N)(C(N)=O)C2)c1. The Bertz CT molecular complexity index is 469. The lowest BCUT2D eigenvalue weighted by Crippen LogP contribution is -2.50. The summed E-state index contributed by atoms with van der Waals surface area (Å²) >= 11 is 1.89. The van der Waals surface area contributed by atoms with Crippen molar-refractivity contribution in [2.45, 2.75) is 49.7 Å². The van der Waals surface area contributed by atoms with Crippen molar-refractivity contribution in [1.82, 2.24) is 0 Å². The maximum Gasteiger partial charge on any atom is 0.237 e. The highest BCUT2D eigenvalue weighted by molar-refractivity contribution is 7.99. The molecule has 1 aromatic carbocycles. The van der Waals surface area contributed by atoms with Crippen LogP contribution < -0.4 is 11.5 Å². The average molecular weight is 278 g/mol. The van der Waals surface area contributed by atoms with E-state index in [2.05, 4.69) is 32.0 Å². The zero-order valence-electron chi connectivity index (χ0n) is 11.6. The molecule has 1 saturated carbocycles. The summed E-state index contributed by atoms with van der Waals surface area (Å²) in [6, 6.07) is 6.62. The second-order valence-corrected chi connectivity index (χ2v) is 6.98. The molecule has 3 nitrogen and oxygen atoms in total. The van der Waals surface area contributed by atoms with Crippen LogP contribution in [0.5, 0.6) is 0 Å². The molecule has 1 aliphatic rings. The summed E-state index contributed by atoms with van der Waals surface area (Å²) < 4.78 is 0. The third-order valence-electron chi connectivity index (χ3n) is 3.76. The third-order valence-corrected chi connectivity index (χ3v) is 5.14. The van der Waals surface area contributed by atoms with Gasteiger partial charge in [0, 0.05) is 11.0 Å². The van der Waals surface area contributed by atoms with Crippen LogP contribution in [-0.2, 0) is 10.5 Å². The molecule has 2 unspecified atom stereocenters. The lowest BCUT2D eigenvalue weighted by Gasteiger charge is -2.19. The van der Waals surface area contributed by atoms with Crippen molar-refractivity contribution in [3.63, 3.8) is 0 Å². The van der Waals surface area contributed by atoms with Crippen LogP contribution in [-0.4, -0.2) is 16.7 Å². The number of hydrogen-bond acceptors (Lipinski definition) is 3. The first-order valence-corrected chi connectivity index (χ1v) is 7.71. The Labute approximate surface area is 119 Å². The van der Waals surface area contributed by atoms with Gasteiger partial charge in [0.1, 0.15) is 0 Å². The number of carbonyl (C=O) groups is 1. The Morgan fingerprint density at radius 3 is 2.53 bits per heavy atom. The second-order valence-electron chi connectivity index (χ2n) is 5.69. The average Bonchev–Trinajstić information content (AvgIpc) is 2.69. The number of rotatable bonds is 4. The molecule has 0 spiro atoms. The molecule has 0 heterocycles. The zero-order valence-corrected chi connectivity index (χ0v) is 12.4. The highest BCUT2D eigenvalue weighted by Gasteiger charge is 2.40. The number of primary amides is 1. The number of hydrogen-bond donors (Lipinski definition) is 2. The van der Waals surface area contributed by atoms with Crippen LogP contribution in [0.1, 0.15) is 36.0 Å². The molecule has 0 radical (unpaired) electrons. The summed E-state index contributed by atoms with van der Waals surface area (Å²) in [5, 5.41) is 0.443. The molecule has 1 amide bonds. The van der Waals surface area contributed by atoms with Gasteiger partial charge in [0.05, 0.1) is 5.54 Å². The van der Waals surface area contributed by atoms with E-state index in [9.17, 15) is 4.79 Å². The minimum absolute atomic E-state index is 0.359. The lowest BCUT2D eigenvalue weighted by atomic mass is 9.99. The predicted octanol–water partition coefficient (Wildman–Crippen LogP) is 2.27. The number of amides is 1. The quantitative estimate of drug-likeness (QED) is 0.887. The summed E-state index contributed by atoms with van der Waals surface area (Å²) in [5.41, 5.74) is 14.6. The Hall–Kier alpha value is -1.00. The number of benzene rings is 1. The smallest absolute Gasteiger partial charge is 0.237 e. The molecule has 1 aromatic rings. The van der Waals surface area contributed by atoms with Crippen molar-refractivity contribution in [3.05, 3.63) is 34.9 Å². The Morgan fingerprint density at radius 2 is 2.00 bits per heavy atom. The fourth-order valence-corrected chi connectivity index (χ4v) is 4.06. The first-order chi connectivity index (χ1) is 8.89. The summed E-state index contributed by atoms with van der Waals surface area (Å²) in [5.74, 6) is 0.615. The summed E-state index contributed by atoms with van der Waals surface area (Å²) in [4.78, 5) is 11.3. The highest BCUT2D eigenvalue weighted by atomic mass is 32.2. The maximum atomic E-state index is 11.3. The van der Waals surface area contributed by atoms with Gasteiger partial charge in [0.25, 0.3) is 0 Å². The molecule has 0 bridgehead atoms. The van der Waals surface area contributed by atoms with Crippen LogP contribution in [0.25, 0.3) is 0 Å². The summed E-state index contributed by atoms with van der Waals surface area (Å²) in [6.07, 6.45) is 2.40. The van der Waals surface area contributed by atoms with Crippen molar-refractivity contribution >= 4 is 17.7 Å². The van der Waals surface area contributed by atoms with Crippen LogP contribution in [0.4, 0.5) is 0 Å². The van der Waals surface area contributed by atoms with E-state index in [1.807, 2.05) is 11.8 Å². The molecule has 0 aliphatic heterocycles. The van der Waals surface area contributed by atoms with Gasteiger partial charge in [-0.25, -0.2) is 0 Å². The molecular weight excluding hydrogens is 256 g/mol. The van der Waals surface area contributed by atoms with Crippen LogP contribution in [0.3, 0.4) is 0 Å². The molecule has 0 aromatic heterocycles. The minimum atomic E-state index is -0.778. The van der Waals surface area contributed by atoms with Gasteiger partial charge in [-0.2, -0.15) is 11.8 Å².